The first-order valence-electron chi connectivity index (χ1n) is 7.30. The number of halogens is 1. The fourth-order valence-electron chi connectivity index (χ4n) is 3.02. The SMILES string of the molecule is CC(O)c1cc(F)ccc1N(C)C1CCCCCC1. The van der Waals surface area contributed by atoms with Gasteiger partial charge in [0.05, 0.1) is 6.10 Å². The summed E-state index contributed by atoms with van der Waals surface area (Å²) in [7, 11) is 2.06. The van der Waals surface area contributed by atoms with Gasteiger partial charge in [0, 0.05) is 24.3 Å². The third-order valence-corrected chi connectivity index (χ3v) is 4.19. The summed E-state index contributed by atoms with van der Waals surface area (Å²) in [5.41, 5.74) is 1.65. The van der Waals surface area contributed by atoms with Gasteiger partial charge in [0.25, 0.3) is 0 Å². The molecule has 0 heterocycles. The molecule has 1 saturated carbocycles. The zero-order chi connectivity index (χ0) is 13.8. The Balaban J connectivity index is 2.24. The Kier molecular flexibility index (Phi) is 4.81. The van der Waals surface area contributed by atoms with Crippen molar-refractivity contribution >= 4 is 5.69 Å². The maximum atomic E-state index is 13.3. The summed E-state index contributed by atoms with van der Waals surface area (Å²) < 4.78 is 13.3. The molecular formula is C16H24FNO. The van der Waals surface area contributed by atoms with Gasteiger partial charge < -0.3 is 10.0 Å². The zero-order valence-electron chi connectivity index (χ0n) is 11.9. The van der Waals surface area contributed by atoms with E-state index in [4.69, 9.17) is 0 Å². The lowest BCUT2D eigenvalue weighted by atomic mass is 10.0. The summed E-state index contributed by atoms with van der Waals surface area (Å²) in [6.07, 6.45) is 6.90. The standard InChI is InChI=1S/C16H24FNO/c1-12(19)15-11-13(17)9-10-16(15)18(2)14-7-5-3-4-6-8-14/h9-12,14,19H,3-8H2,1-2H3. The molecular weight excluding hydrogens is 241 g/mol. The molecule has 106 valence electrons. The smallest absolute Gasteiger partial charge is 0.123 e. The number of benzene rings is 1. The Morgan fingerprint density at radius 3 is 2.42 bits per heavy atom. The van der Waals surface area contributed by atoms with Crippen molar-refractivity contribution in [3.63, 3.8) is 0 Å². The molecule has 3 heteroatoms. The Morgan fingerprint density at radius 1 is 1.21 bits per heavy atom. The van der Waals surface area contributed by atoms with Crippen LogP contribution in [-0.4, -0.2) is 18.2 Å². The van der Waals surface area contributed by atoms with Gasteiger partial charge in [0.15, 0.2) is 0 Å². The van der Waals surface area contributed by atoms with E-state index in [9.17, 15) is 9.50 Å². The molecule has 2 rings (SSSR count). The van der Waals surface area contributed by atoms with Crippen LogP contribution in [0.3, 0.4) is 0 Å². The van der Waals surface area contributed by atoms with Gasteiger partial charge in [-0.2, -0.15) is 0 Å². The molecule has 1 atom stereocenters. The van der Waals surface area contributed by atoms with Crippen LogP contribution in [0.5, 0.6) is 0 Å². The summed E-state index contributed by atoms with van der Waals surface area (Å²) >= 11 is 0. The molecule has 1 aliphatic carbocycles. The minimum atomic E-state index is -0.640. The van der Waals surface area contributed by atoms with Crippen molar-refractivity contribution in [2.75, 3.05) is 11.9 Å². The predicted molar refractivity (Wildman–Crippen MR) is 76.9 cm³/mol. The van der Waals surface area contributed by atoms with Crippen LogP contribution in [0.4, 0.5) is 10.1 Å². The molecule has 0 radical (unpaired) electrons. The van der Waals surface area contributed by atoms with Crippen LogP contribution in [0.15, 0.2) is 18.2 Å². The average Bonchev–Trinajstić information content (AvgIpc) is 2.66. The van der Waals surface area contributed by atoms with E-state index in [2.05, 4.69) is 11.9 Å². The summed E-state index contributed by atoms with van der Waals surface area (Å²) in [5.74, 6) is -0.283. The maximum Gasteiger partial charge on any atom is 0.123 e. The van der Waals surface area contributed by atoms with Crippen molar-refractivity contribution in [3.05, 3.63) is 29.6 Å². The van der Waals surface area contributed by atoms with Gasteiger partial charge >= 0.3 is 0 Å². The van der Waals surface area contributed by atoms with Gasteiger partial charge in [0.1, 0.15) is 5.82 Å². The number of anilines is 1. The van der Waals surface area contributed by atoms with E-state index < -0.39 is 6.10 Å². The van der Waals surface area contributed by atoms with Crippen LogP contribution in [0.1, 0.15) is 57.1 Å². The minimum absolute atomic E-state index is 0.283. The first-order chi connectivity index (χ1) is 9.09. The van der Waals surface area contributed by atoms with Crippen LogP contribution in [0.25, 0.3) is 0 Å². The molecule has 0 aliphatic heterocycles. The van der Waals surface area contributed by atoms with E-state index in [0.29, 0.717) is 11.6 Å². The van der Waals surface area contributed by atoms with E-state index in [1.807, 2.05) is 0 Å². The van der Waals surface area contributed by atoms with Crippen molar-refractivity contribution < 1.29 is 9.50 Å². The van der Waals surface area contributed by atoms with E-state index >= 15 is 0 Å². The molecule has 0 saturated heterocycles. The van der Waals surface area contributed by atoms with Gasteiger partial charge in [0.2, 0.25) is 0 Å². The molecule has 19 heavy (non-hydrogen) atoms. The normalized spacial score (nSPS) is 18.9. The van der Waals surface area contributed by atoms with E-state index in [0.717, 1.165) is 5.69 Å². The fourth-order valence-corrected chi connectivity index (χ4v) is 3.02. The van der Waals surface area contributed by atoms with Crippen LogP contribution in [-0.2, 0) is 0 Å². The first-order valence-corrected chi connectivity index (χ1v) is 7.30. The summed E-state index contributed by atoms with van der Waals surface area (Å²) in [5, 5.41) is 9.84. The summed E-state index contributed by atoms with van der Waals surface area (Å²) in [6, 6.07) is 5.23. The average molecular weight is 265 g/mol. The third-order valence-electron chi connectivity index (χ3n) is 4.19. The van der Waals surface area contributed by atoms with Crippen LogP contribution in [0, 0.1) is 5.82 Å². The largest absolute Gasteiger partial charge is 0.389 e. The maximum absolute atomic E-state index is 13.3. The zero-order valence-corrected chi connectivity index (χ0v) is 11.9. The van der Waals surface area contributed by atoms with Gasteiger partial charge in [-0.05, 0) is 38.0 Å². The molecule has 1 unspecified atom stereocenters. The van der Waals surface area contributed by atoms with Gasteiger partial charge in [-0.3, -0.25) is 0 Å². The van der Waals surface area contributed by atoms with Gasteiger partial charge in [-0.25, -0.2) is 4.39 Å². The summed E-state index contributed by atoms with van der Waals surface area (Å²) in [4.78, 5) is 2.23. The number of aliphatic hydroxyl groups is 1. The number of hydrogen-bond donors (Lipinski definition) is 1. The van der Waals surface area contributed by atoms with Crippen molar-refractivity contribution in [3.8, 4) is 0 Å². The van der Waals surface area contributed by atoms with Crippen LogP contribution < -0.4 is 4.90 Å². The molecule has 1 aliphatic rings. The third kappa shape index (κ3) is 3.47. The lowest BCUT2D eigenvalue weighted by molar-refractivity contribution is 0.199. The minimum Gasteiger partial charge on any atom is -0.389 e. The lowest BCUT2D eigenvalue weighted by Gasteiger charge is -2.31. The molecule has 0 spiro atoms. The fraction of sp³-hybridized carbons (Fsp3) is 0.625. The highest BCUT2D eigenvalue weighted by molar-refractivity contribution is 5.55. The van der Waals surface area contributed by atoms with E-state index in [-0.39, 0.29) is 5.82 Å². The second kappa shape index (κ2) is 6.38. The number of hydrogen-bond acceptors (Lipinski definition) is 2. The molecule has 0 amide bonds. The monoisotopic (exact) mass is 265 g/mol. The molecule has 1 N–H and O–H groups in total. The molecule has 1 aromatic rings. The van der Waals surface area contributed by atoms with Crippen molar-refractivity contribution in [2.45, 2.75) is 57.6 Å². The van der Waals surface area contributed by atoms with Gasteiger partial charge in [-0.1, -0.05) is 25.7 Å². The Morgan fingerprint density at radius 2 is 1.84 bits per heavy atom. The molecule has 1 fully saturated rings. The molecule has 2 nitrogen and oxygen atoms in total. The highest BCUT2D eigenvalue weighted by Gasteiger charge is 2.20. The molecule has 0 aromatic heterocycles. The second-order valence-corrected chi connectivity index (χ2v) is 5.64. The van der Waals surface area contributed by atoms with Crippen molar-refractivity contribution in [1.82, 2.24) is 0 Å². The van der Waals surface area contributed by atoms with E-state index in [1.54, 1.807) is 13.0 Å². The highest BCUT2D eigenvalue weighted by atomic mass is 19.1. The number of nitrogens with zero attached hydrogens (tertiary/aromatic N) is 1. The van der Waals surface area contributed by atoms with Crippen molar-refractivity contribution in [1.29, 1.82) is 0 Å². The lowest BCUT2D eigenvalue weighted by Crippen LogP contribution is -2.32. The topological polar surface area (TPSA) is 23.5 Å². The quantitative estimate of drug-likeness (QED) is 0.834. The Hall–Kier alpha value is -1.09. The van der Waals surface area contributed by atoms with Gasteiger partial charge in [-0.15, -0.1) is 0 Å². The molecule has 0 bridgehead atoms. The highest BCUT2D eigenvalue weighted by Crippen LogP contribution is 2.31. The van der Waals surface area contributed by atoms with E-state index in [1.165, 1.54) is 50.7 Å². The summed E-state index contributed by atoms with van der Waals surface area (Å²) in [6.45, 7) is 1.69. The number of rotatable bonds is 3. The van der Waals surface area contributed by atoms with Crippen LogP contribution in [0.2, 0.25) is 0 Å². The Bertz CT molecular complexity index is 411. The number of aliphatic hydroxyl groups excluding tert-OH is 1. The predicted octanol–water partition coefficient (Wildman–Crippen LogP) is 4.04. The molecule has 1 aromatic carbocycles. The first kappa shape index (κ1) is 14.3. The Labute approximate surface area is 115 Å². The van der Waals surface area contributed by atoms with Crippen LogP contribution >= 0.6 is 0 Å². The van der Waals surface area contributed by atoms with Crippen molar-refractivity contribution in [2.24, 2.45) is 0 Å². The second-order valence-electron chi connectivity index (χ2n) is 5.64.